The minimum Gasteiger partial charge on any atom is -0.394 e. The normalized spacial score (nSPS) is 49.0. The summed E-state index contributed by atoms with van der Waals surface area (Å²) < 4.78 is 11.6. The van der Waals surface area contributed by atoms with Gasteiger partial charge in [-0.3, -0.25) is 0 Å². The fourth-order valence-electron chi connectivity index (χ4n) is 5.47. The molecule has 3 fully saturated rings. The first-order chi connectivity index (χ1) is 13.4. The molecule has 3 aliphatic rings. The van der Waals surface area contributed by atoms with Crippen molar-refractivity contribution in [3.8, 4) is 0 Å². The number of aliphatic hydroxyl groups excluding tert-OH is 6. The summed E-state index contributed by atoms with van der Waals surface area (Å²) in [6.45, 7) is 9.41. The molecule has 168 valence electrons. The van der Waals surface area contributed by atoms with Crippen LogP contribution in [0.2, 0.25) is 0 Å². The summed E-state index contributed by atoms with van der Waals surface area (Å²) >= 11 is 0. The molecule has 0 aromatic carbocycles. The van der Waals surface area contributed by atoms with Crippen molar-refractivity contribution in [1.82, 2.24) is 0 Å². The van der Waals surface area contributed by atoms with Crippen molar-refractivity contribution in [1.29, 1.82) is 0 Å². The third kappa shape index (κ3) is 4.02. The molecular weight excluding hydrogens is 380 g/mol. The third-order valence-corrected chi connectivity index (χ3v) is 7.60. The minimum absolute atomic E-state index is 0.0392. The van der Waals surface area contributed by atoms with Gasteiger partial charge in [-0.25, -0.2) is 0 Å². The van der Waals surface area contributed by atoms with Gasteiger partial charge in [0.2, 0.25) is 0 Å². The molecular formula is C21H36O8. The molecule has 0 amide bonds. The Balaban J connectivity index is 1.73. The zero-order valence-corrected chi connectivity index (χ0v) is 17.4. The van der Waals surface area contributed by atoms with Crippen LogP contribution in [0, 0.1) is 17.3 Å². The standard InChI is InChI=1S/C21H36O8/c1-10-7-13(23)18(27)21(4)6-5-11(8-12(10)21)20(2,3)29-19-17(26)16(25)15(24)14(9-22)28-19/h11-19,22-27H,1,5-9H2,2-4H3/t11-,12+,13+,14-,15-,16+,17-,18+,19+,21-/m1/s1. The largest absolute Gasteiger partial charge is 0.394 e. The van der Waals surface area contributed by atoms with Crippen LogP contribution in [0.5, 0.6) is 0 Å². The fraction of sp³-hybridized carbons (Fsp3) is 0.905. The Labute approximate surface area is 171 Å². The molecule has 0 aromatic rings. The lowest BCUT2D eigenvalue weighted by Crippen LogP contribution is -2.61. The van der Waals surface area contributed by atoms with Gasteiger partial charge in [-0.05, 0) is 51.4 Å². The molecule has 1 saturated heterocycles. The Kier molecular flexibility index (Phi) is 6.50. The SMILES string of the molecule is C=C1C[C@H](O)[C@H](O)[C@]2(C)CC[C@@H](C(C)(C)O[C@@H]3O[C@H](CO)[C@@H](O)[C@H](O)[C@H]3O)C[C@@H]12. The monoisotopic (exact) mass is 416 g/mol. The summed E-state index contributed by atoms with van der Waals surface area (Å²) in [6.07, 6.45) is -5.61. The Morgan fingerprint density at radius 1 is 1.14 bits per heavy atom. The molecule has 0 radical (unpaired) electrons. The second-order valence-corrected chi connectivity index (χ2v) is 9.82. The summed E-state index contributed by atoms with van der Waals surface area (Å²) in [7, 11) is 0. The quantitative estimate of drug-likeness (QED) is 0.343. The van der Waals surface area contributed by atoms with E-state index in [0.29, 0.717) is 19.3 Å². The minimum atomic E-state index is -1.48. The molecule has 0 spiro atoms. The average Bonchev–Trinajstić information content (AvgIpc) is 2.66. The number of ether oxygens (including phenoxy) is 2. The van der Waals surface area contributed by atoms with Gasteiger partial charge >= 0.3 is 0 Å². The van der Waals surface area contributed by atoms with Crippen LogP contribution in [0.25, 0.3) is 0 Å². The van der Waals surface area contributed by atoms with Gasteiger partial charge in [0, 0.05) is 5.41 Å². The summed E-state index contributed by atoms with van der Waals surface area (Å²) in [4.78, 5) is 0. The number of fused-ring (bicyclic) bond motifs is 1. The topological polar surface area (TPSA) is 140 Å². The van der Waals surface area contributed by atoms with Crippen LogP contribution in [0.1, 0.15) is 46.5 Å². The molecule has 8 nitrogen and oxygen atoms in total. The lowest BCUT2D eigenvalue weighted by Gasteiger charge is -2.55. The van der Waals surface area contributed by atoms with Crippen molar-refractivity contribution in [3.05, 3.63) is 12.2 Å². The van der Waals surface area contributed by atoms with Gasteiger partial charge in [0.15, 0.2) is 6.29 Å². The highest BCUT2D eigenvalue weighted by atomic mass is 16.7. The Bertz CT molecular complexity index is 607. The molecule has 2 saturated carbocycles. The van der Waals surface area contributed by atoms with E-state index in [1.807, 2.05) is 20.8 Å². The molecule has 29 heavy (non-hydrogen) atoms. The van der Waals surface area contributed by atoms with Crippen LogP contribution in [-0.4, -0.2) is 85.8 Å². The van der Waals surface area contributed by atoms with Crippen LogP contribution < -0.4 is 0 Å². The van der Waals surface area contributed by atoms with Gasteiger partial charge < -0.3 is 40.1 Å². The maximum absolute atomic E-state index is 10.6. The summed E-state index contributed by atoms with van der Waals surface area (Å²) in [5.74, 6) is 0.101. The fourth-order valence-corrected chi connectivity index (χ4v) is 5.47. The molecule has 10 atom stereocenters. The number of rotatable bonds is 4. The van der Waals surface area contributed by atoms with Crippen LogP contribution in [0.4, 0.5) is 0 Å². The first-order valence-electron chi connectivity index (χ1n) is 10.4. The predicted octanol–water partition coefficient (Wildman–Crippen LogP) is -0.314. The van der Waals surface area contributed by atoms with Crippen LogP contribution in [0.15, 0.2) is 12.2 Å². The molecule has 1 aliphatic heterocycles. The maximum atomic E-state index is 10.6. The van der Waals surface area contributed by atoms with Crippen molar-refractivity contribution < 1.29 is 40.1 Å². The van der Waals surface area contributed by atoms with Crippen molar-refractivity contribution in [2.75, 3.05) is 6.61 Å². The van der Waals surface area contributed by atoms with Crippen molar-refractivity contribution in [3.63, 3.8) is 0 Å². The highest BCUT2D eigenvalue weighted by molar-refractivity contribution is 5.18. The number of hydrogen-bond donors (Lipinski definition) is 6. The van der Waals surface area contributed by atoms with E-state index in [2.05, 4.69) is 6.58 Å². The van der Waals surface area contributed by atoms with E-state index in [-0.39, 0.29) is 11.8 Å². The third-order valence-electron chi connectivity index (χ3n) is 7.60. The molecule has 8 heteroatoms. The highest BCUT2D eigenvalue weighted by Crippen LogP contribution is 2.55. The van der Waals surface area contributed by atoms with Crippen molar-refractivity contribution in [2.24, 2.45) is 17.3 Å². The maximum Gasteiger partial charge on any atom is 0.187 e. The van der Waals surface area contributed by atoms with E-state index in [0.717, 1.165) is 12.0 Å². The lowest BCUT2D eigenvalue weighted by molar-refractivity contribution is -0.330. The van der Waals surface area contributed by atoms with Gasteiger partial charge in [-0.15, -0.1) is 0 Å². The van der Waals surface area contributed by atoms with E-state index >= 15 is 0 Å². The summed E-state index contributed by atoms with van der Waals surface area (Å²) in [5.41, 5.74) is -0.251. The van der Waals surface area contributed by atoms with E-state index in [4.69, 9.17) is 9.47 Å². The van der Waals surface area contributed by atoms with Crippen molar-refractivity contribution in [2.45, 2.75) is 95.0 Å². The lowest BCUT2D eigenvalue weighted by atomic mass is 9.53. The molecule has 0 aromatic heterocycles. The molecule has 0 bridgehead atoms. The first kappa shape index (κ1) is 23.1. The second-order valence-electron chi connectivity index (χ2n) is 9.82. The van der Waals surface area contributed by atoms with E-state index < -0.39 is 60.5 Å². The van der Waals surface area contributed by atoms with Crippen LogP contribution >= 0.6 is 0 Å². The zero-order chi connectivity index (χ0) is 21.7. The molecule has 0 unspecified atom stereocenters. The summed E-state index contributed by atoms with van der Waals surface area (Å²) in [6, 6.07) is 0. The van der Waals surface area contributed by atoms with Gasteiger partial charge in [-0.1, -0.05) is 19.1 Å². The first-order valence-corrected chi connectivity index (χ1v) is 10.4. The van der Waals surface area contributed by atoms with E-state index in [9.17, 15) is 30.6 Å². The second kappa shape index (κ2) is 8.16. The van der Waals surface area contributed by atoms with Gasteiger partial charge in [0.25, 0.3) is 0 Å². The Morgan fingerprint density at radius 3 is 2.41 bits per heavy atom. The number of aliphatic hydroxyl groups is 6. The molecule has 6 N–H and O–H groups in total. The summed E-state index contributed by atoms with van der Waals surface area (Å²) in [5, 5.41) is 60.4. The van der Waals surface area contributed by atoms with E-state index in [1.54, 1.807) is 0 Å². The predicted molar refractivity (Wildman–Crippen MR) is 104 cm³/mol. The Morgan fingerprint density at radius 2 is 1.79 bits per heavy atom. The Hall–Kier alpha value is -0.580. The van der Waals surface area contributed by atoms with Crippen LogP contribution in [-0.2, 0) is 9.47 Å². The number of hydrogen-bond acceptors (Lipinski definition) is 8. The van der Waals surface area contributed by atoms with Crippen LogP contribution in [0.3, 0.4) is 0 Å². The molecule has 2 aliphatic carbocycles. The smallest absolute Gasteiger partial charge is 0.187 e. The van der Waals surface area contributed by atoms with Gasteiger partial charge in [0.1, 0.15) is 24.4 Å². The van der Waals surface area contributed by atoms with Gasteiger partial charge in [0.05, 0.1) is 24.4 Å². The van der Waals surface area contributed by atoms with Gasteiger partial charge in [-0.2, -0.15) is 0 Å². The van der Waals surface area contributed by atoms with Crippen molar-refractivity contribution >= 4 is 0 Å². The highest BCUT2D eigenvalue weighted by Gasteiger charge is 2.54. The molecule has 1 heterocycles. The molecule has 3 rings (SSSR count). The van der Waals surface area contributed by atoms with E-state index in [1.165, 1.54) is 0 Å². The zero-order valence-electron chi connectivity index (χ0n) is 17.4. The average molecular weight is 417 g/mol.